The number of H-pyrrole nitrogens is 1. The van der Waals surface area contributed by atoms with E-state index in [0.29, 0.717) is 29.8 Å². The van der Waals surface area contributed by atoms with Crippen molar-refractivity contribution in [3.8, 4) is 0 Å². The molecule has 7 nitrogen and oxygen atoms in total. The van der Waals surface area contributed by atoms with Crippen molar-refractivity contribution in [2.45, 2.75) is 45.2 Å². The molecule has 1 unspecified atom stereocenters. The molecular weight excluding hydrogens is 406 g/mol. The fourth-order valence-corrected chi connectivity index (χ4v) is 3.25. The molecule has 31 heavy (non-hydrogen) atoms. The van der Waals surface area contributed by atoms with Crippen LogP contribution in [0.1, 0.15) is 33.1 Å². The molecule has 0 aliphatic carbocycles. The van der Waals surface area contributed by atoms with Crippen LogP contribution in [0.25, 0.3) is 11.1 Å². The molecule has 0 saturated heterocycles. The monoisotopic (exact) mass is 432 g/mol. The van der Waals surface area contributed by atoms with Gasteiger partial charge in [-0.25, -0.2) is 13.6 Å². The summed E-state index contributed by atoms with van der Waals surface area (Å²) in [6.45, 7) is 3.47. The second kappa shape index (κ2) is 9.74. The minimum Gasteiger partial charge on any atom is -0.408 e. The first-order valence-corrected chi connectivity index (χ1v) is 10.1. The Morgan fingerprint density at radius 2 is 2.13 bits per heavy atom. The molecule has 0 radical (unpaired) electrons. The Kier molecular flexibility index (Phi) is 7.06. The number of aromatic amines is 1. The highest BCUT2D eigenvalue weighted by Crippen LogP contribution is 2.25. The molecule has 0 bridgehead atoms. The lowest BCUT2D eigenvalue weighted by Gasteiger charge is -2.22. The topological polar surface area (TPSA) is 99.2 Å². The SMILES string of the molecule is CCC/C(=C\C(=O)Nc1ccc2[nH]c(=O)oc2c1)CCNC1C=CC(C(C)(F)F)=CN1. The Balaban J connectivity index is 1.53. The van der Waals surface area contributed by atoms with Gasteiger partial charge in [-0.1, -0.05) is 25.0 Å². The third-order valence-electron chi connectivity index (χ3n) is 4.80. The summed E-state index contributed by atoms with van der Waals surface area (Å²) < 4.78 is 31.6. The minimum atomic E-state index is -2.88. The van der Waals surface area contributed by atoms with E-state index in [1.165, 1.54) is 12.3 Å². The Bertz CT molecular complexity index is 1080. The van der Waals surface area contributed by atoms with Crippen LogP contribution in [0.3, 0.4) is 0 Å². The molecule has 1 aliphatic rings. The number of alkyl halides is 2. The molecule has 0 fully saturated rings. The van der Waals surface area contributed by atoms with Gasteiger partial charge >= 0.3 is 5.76 Å². The molecule has 4 N–H and O–H groups in total. The Morgan fingerprint density at radius 3 is 2.81 bits per heavy atom. The van der Waals surface area contributed by atoms with E-state index in [-0.39, 0.29) is 17.6 Å². The molecule has 9 heteroatoms. The third kappa shape index (κ3) is 6.39. The zero-order chi connectivity index (χ0) is 22.4. The lowest BCUT2D eigenvalue weighted by atomic mass is 10.1. The lowest BCUT2D eigenvalue weighted by molar-refractivity contribution is -0.112. The first-order valence-electron chi connectivity index (χ1n) is 10.1. The number of fused-ring (bicyclic) bond motifs is 1. The number of dihydropyridines is 1. The van der Waals surface area contributed by atoms with Crippen LogP contribution in [0.15, 0.2) is 63.0 Å². The summed E-state index contributed by atoms with van der Waals surface area (Å²) in [4.78, 5) is 26.2. The average molecular weight is 432 g/mol. The van der Waals surface area contributed by atoms with Crippen molar-refractivity contribution in [1.82, 2.24) is 15.6 Å². The number of benzene rings is 1. The van der Waals surface area contributed by atoms with Crippen molar-refractivity contribution in [2.24, 2.45) is 0 Å². The van der Waals surface area contributed by atoms with Crippen molar-refractivity contribution in [3.05, 3.63) is 64.3 Å². The normalized spacial score (nSPS) is 16.8. The molecule has 3 rings (SSSR count). The fourth-order valence-electron chi connectivity index (χ4n) is 3.25. The Labute approximate surface area is 178 Å². The van der Waals surface area contributed by atoms with Gasteiger partial charge in [-0.2, -0.15) is 0 Å². The number of halogens is 2. The van der Waals surface area contributed by atoms with Crippen LogP contribution in [0.2, 0.25) is 0 Å². The molecule has 1 aliphatic heterocycles. The van der Waals surface area contributed by atoms with E-state index in [1.807, 2.05) is 6.92 Å². The van der Waals surface area contributed by atoms with Crippen molar-refractivity contribution in [1.29, 1.82) is 0 Å². The van der Waals surface area contributed by atoms with Gasteiger partial charge in [0, 0.05) is 43.1 Å². The number of rotatable bonds is 9. The van der Waals surface area contributed by atoms with E-state index < -0.39 is 11.7 Å². The number of oxazole rings is 1. The Hall–Kier alpha value is -3.20. The summed E-state index contributed by atoms with van der Waals surface area (Å²) in [5, 5.41) is 8.90. The molecule has 166 valence electrons. The van der Waals surface area contributed by atoms with Crippen LogP contribution in [0.5, 0.6) is 0 Å². The van der Waals surface area contributed by atoms with Crippen LogP contribution in [0.4, 0.5) is 14.5 Å². The van der Waals surface area contributed by atoms with E-state index in [0.717, 1.165) is 25.3 Å². The smallest absolute Gasteiger partial charge is 0.408 e. The van der Waals surface area contributed by atoms with Gasteiger partial charge in [0.15, 0.2) is 5.58 Å². The van der Waals surface area contributed by atoms with Gasteiger partial charge in [0.1, 0.15) is 0 Å². The number of amides is 1. The van der Waals surface area contributed by atoms with E-state index in [2.05, 4.69) is 20.9 Å². The van der Waals surface area contributed by atoms with Gasteiger partial charge in [-0.15, -0.1) is 0 Å². The van der Waals surface area contributed by atoms with Crippen LogP contribution in [-0.4, -0.2) is 29.5 Å². The number of nitrogens with one attached hydrogen (secondary N) is 4. The summed E-state index contributed by atoms with van der Waals surface area (Å²) in [5.41, 5.74) is 2.36. The van der Waals surface area contributed by atoms with E-state index in [9.17, 15) is 18.4 Å². The fraction of sp³-hybridized carbons (Fsp3) is 0.364. The zero-order valence-corrected chi connectivity index (χ0v) is 17.4. The lowest BCUT2D eigenvalue weighted by Crippen LogP contribution is -2.40. The number of hydrogen-bond acceptors (Lipinski definition) is 5. The van der Waals surface area contributed by atoms with Gasteiger partial charge in [-0.05, 0) is 31.1 Å². The van der Waals surface area contributed by atoms with Crippen molar-refractivity contribution < 1.29 is 18.0 Å². The number of hydrogen-bond donors (Lipinski definition) is 4. The van der Waals surface area contributed by atoms with Gasteiger partial charge in [0.25, 0.3) is 5.92 Å². The first-order chi connectivity index (χ1) is 14.7. The summed E-state index contributed by atoms with van der Waals surface area (Å²) in [7, 11) is 0. The summed E-state index contributed by atoms with van der Waals surface area (Å²) in [6.07, 6.45) is 8.00. The maximum Gasteiger partial charge on any atom is 0.417 e. The highest BCUT2D eigenvalue weighted by atomic mass is 19.3. The quantitative estimate of drug-likeness (QED) is 0.452. The number of carbonyl (C=O) groups is 1. The van der Waals surface area contributed by atoms with E-state index in [1.54, 1.807) is 30.4 Å². The molecule has 0 spiro atoms. The highest BCUT2D eigenvalue weighted by Gasteiger charge is 2.27. The maximum atomic E-state index is 13.3. The molecule has 1 aromatic heterocycles. The van der Waals surface area contributed by atoms with Crippen molar-refractivity contribution >= 4 is 22.7 Å². The molecule has 2 heterocycles. The molecule has 1 atom stereocenters. The standard InChI is InChI=1S/C22H26F2N4O3/c1-3-4-14(9-10-25-19-8-5-15(13-26-19)22(2,23)24)11-20(29)27-16-6-7-17-18(12-16)31-21(30)28-17/h5-8,11-13,19,25-26H,3-4,9-10H2,1-2H3,(H,27,29)(H,28,30)/b14-11+. The highest BCUT2D eigenvalue weighted by molar-refractivity contribution is 6.00. The summed E-state index contributed by atoms with van der Waals surface area (Å²) >= 11 is 0. The minimum absolute atomic E-state index is 0.0640. The maximum absolute atomic E-state index is 13.3. The second-order valence-electron chi connectivity index (χ2n) is 7.46. The van der Waals surface area contributed by atoms with Gasteiger partial charge < -0.3 is 15.1 Å². The third-order valence-corrected chi connectivity index (χ3v) is 4.80. The number of allylic oxidation sites excluding steroid dienone is 2. The molecule has 0 saturated carbocycles. The van der Waals surface area contributed by atoms with Crippen molar-refractivity contribution in [2.75, 3.05) is 11.9 Å². The van der Waals surface area contributed by atoms with Crippen LogP contribution >= 0.6 is 0 Å². The predicted molar refractivity (Wildman–Crippen MR) is 116 cm³/mol. The molecular formula is C22H26F2N4O3. The number of aromatic nitrogens is 1. The number of carbonyl (C=O) groups excluding carboxylic acids is 1. The predicted octanol–water partition coefficient (Wildman–Crippen LogP) is 3.79. The molecule has 2 aromatic rings. The molecule has 1 aromatic carbocycles. The van der Waals surface area contributed by atoms with Crippen LogP contribution in [-0.2, 0) is 4.79 Å². The van der Waals surface area contributed by atoms with Gasteiger partial charge in [-0.3, -0.25) is 15.1 Å². The van der Waals surface area contributed by atoms with Crippen molar-refractivity contribution in [3.63, 3.8) is 0 Å². The van der Waals surface area contributed by atoms with Gasteiger partial charge in [0.05, 0.1) is 11.7 Å². The Morgan fingerprint density at radius 1 is 1.32 bits per heavy atom. The molecule has 1 amide bonds. The van der Waals surface area contributed by atoms with E-state index in [4.69, 9.17) is 4.42 Å². The van der Waals surface area contributed by atoms with E-state index >= 15 is 0 Å². The zero-order valence-electron chi connectivity index (χ0n) is 17.4. The van der Waals surface area contributed by atoms with Crippen LogP contribution < -0.4 is 21.7 Å². The van der Waals surface area contributed by atoms with Crippen LogP contribution in [0, 0.1) is 0 Å². The summed E-state index contributed by atoms with van der Waals surface area (Å²) in [5.74, 6) is -3.70. The first kappa shape index (κ1) is 22.5. The average Bonchev–Trinajstić information content (AvgIpc) is 3.07. The number of anilines is 1. The van der Waals surface area contributed by atoms with Gasteiger partial charge in [0.2, 0.25) is 5.91 Å². The second-order valence-corrected chi connectivity index (χ2v) is 7.46. The largest absolute Gasteiger partial charge is 0.417 e. The summed E-state index contributed by atoms with van der Waals surface area (Å²) in [6, 6.07) is 4.93.